The van der Waals surface area contributed by atoms with Gasteiger partial charge in [0.15, 0.2) is 5.75 Å². The van der Waals surface area contributed by atoms with Crippen LogP contribution in [0.4, 0.5) is 10.5 Å². The fourth-order valence-corrected chi connectivity index (χ4v) is 1.56. The maximum atomic E-state index is 12.0. The van der Waals surface area contributed by atoms with E-state index in [-0.39, 0.29) is 11.9 Å². The van der Waals surface area contributed by atoms with Gasteiger partial charge in [-0.1, -0.05) is 6.07 Å². The first-order valence-electron chi connectivity index (χ1n) is 6.13. The summed E-state index contributed by atoms with van der Waals surface area (Å²) >= 11 is 0. The van der Waals surface area contributed by atoms with E-state index < -0.39 is 0 Å². The molecule has 0 aliphatic carbocycles. The molecule has 1 aromatic rings. The van der Waals surface area contributed by atoms with Crippen molar-refractivity contribution in [1.82, 2.24) is 15.5 Å². The Kier molecular flexibility index (Phi) is 5.64. The zero-order valence-corrected chi connectivity index (χ0v) is 11.9. The molecule has 0 fully saturated rings. The van der Waals surface area contributed by atoms with Gasteiger partial charge in [-0.2, -0.15) is 0 Å². The lowest BCUT2D eigenvalue weighted by Gasteiger charge is -2.13. The predicted molar refractivity (Wildman–Crippen MR) is 76.8 cm³/mol. The predicted octanol–water partition coefficient (Wildman–Crippen LogP) is 0.278. The zero-order valence-electron chi connectivity index (χ0n) is 11.9. The summed E-state index contributed by atoms with van der Waals surface area (Å²) in [5, 5.41) is 5.33. The summed E-state index contributed by atoms with van der Waals surface area (Å²) in [5.74, 6) is 0.0515. The minimum Gasteiger partial charge on any atom is -0.494 e. The van der Waals surface area contributed by atoms with Gasteiger partial charge in [-0.05, 0) is 12.1 Å². The van der Waals surface area contributed by atoms with Crippen molar-refractivity contribution in [3.63, 3.8) is 0 Å². The van der Waals surface area contributed by atoms with Crippen molar-refractivity contribution in [2.75, 3.05) is 40.0 Å². The Labute approximate surface area is 118 Å². The first-order valence-corrected chi connectivity index (χ1v) is 6.13. The molecule has 0 atom stereocenters. The van der Waals surface area contributed by atoms with E-state index in [2.05, 4.69) is 10.6 Å². The molecule has 0 bridgehead atoms. The average molecular weight is 280 g/mol. The van der Waals surface area contributed by atoms with E-state index in [9.17, 15) is 9.59 Å². The Morgan fingerprint density at radius 2 is 1.90 bits per heavy atom. The van der Waals surface area contributed by atoms with Crippen molar-refractivity contribution in [3.05, 3.63) is 23.8 Å². The maximum absolute atomic E-state index is 12.0. The number of nitrogens with one attached hydrogen (secondary N) is 2. The first-order chi connectivity index (χ1) is 9.47. The van der Waals surface area contributed by atoms with E-state index in [0.717, 1.165) is 0 Å². The number of nitrogen functional groups attached to an aromatic ring is 1. The Morgan fingerprint density at radius 3 is 2.50 bits per heavy atom. The van der Waals surface area contributed by atoms with Crippen molar-refractivity contribution < 1.29 is 14.3 Å². The number of ether oxygens (including phenoxy) is 1. The van der Waals surface area contributed by atoms with Gasteiger partial charge in [0.25, 0.3) is 5.91 Å². The molecule has 0 heterocycles. The number of methoxy groups -OCH3 is 1. The van der Waals surface area contributed by atoms with Crippen molar-refractivity contribution in [2.45, 2.75) is 0 Å². The van der Waals surface area contributed by atoms with Gasteiger partial charge in [0, 0.05) is 27.2 Å². The molecule has 1 rings (SSSR count). The van der Waals surface area contributed by atoms with E-state index in [4.69, 9.17) is 10.5 Å². The third kappa shape index (κ3) is 4.04. The lowest BCUT2D eigenvalue weighted by molar-refractivity contribution is 0.0950. The molecule has 0 aromatic heterocycles. The number of nitrogens with two attached hydrogens (primary N) is 1. The number of carbonyl (C=O) groups excluding carboxylic acids is 2. The molecule has 0 radical (unpaired) electrons. The molecule has 0 spiro atoms. The largest absolute Gasteiger partial charge is 0.494 e. The second-order valence-electron chi connectivity index (χ2n) is 4.31. The van der Waals surface area contributed by atoms with E-state index in [1.807, 2.05) is 0 Å². The summed E-state index contributed by atoms with van der Waals surface area (Å²) in [6, 6.07) is 4.76. The summed E-state index contributed by atoms with van der Waals surface area (Å²) in [6.45, 7) is 0.656. The van der Waals surface area contributed by atoms with E-state index >= 15 is 0 Å². The molecule has 0 aliphatic rings. The van der Waals surface area contributed by atoms with Crippen LogP contribution in [0.1, 0.15) is 10.4 Å². The highest BCUT2D eigenvalue weighted by Gasteiger charge is 2.13. The smallest absolute Gasteiger partial charge is 0.316 e. The average Bonchev–Trinajstić information content (AvgIpc) is 2.42. The molecule has 0 aliphatic heterocycles. The maximum Gasteiger partial charge on any atom is 0.316 e. The Balaban J connectivity index is 2.52. The van der Waals surface area contributed by atoms with E-state index in [1.165, 1.54) is 12.0 Å². The fraction of sp³-hybridized carbons (Fsp3) is 0.385. The highest BCUT2D eigenvalue weighted by molar-refractivity contribution is 5.98. The van der Waals surface area contributed by atoms with Crippen LogP contribution in [0, 0.1) is 0 Å². The molecule has 7 nitrogen and oxygen atoms in total. The van der Waals surface area contributed by atoms with Crippen LogP contribution >= 0.6 is 0 Å². The van der Waals surface area contributed by atoms with Crippen LogP contribution in [0.25, 0.3) is 0 Å². The third-order valence-electron chi connectivity index (χ3n) is 2.59. The topological polar surface area (TPSA) is 96.7 Å². The lowest BCUT2D eigenvalue weighted by Crippen LogP contribution is -2.39. The summed E-state index contributed by atoms with van der Waals surface area (Å²) in [7, 11) is 4.75. The highest BCUT2D eigenvalue weighted by atomic mass is 16.5. The standard InChI is InChI=1S/C13H20N4O3/c1-17(2)13(19)16-8-7-15-12(18)9-5-4-6-10(14)11(9)20-3/h4-6H,7-8,14H2,1-3H3,(H,15,18)(H,16,19). The van der Waals surface area contributed by atoms with Crippen LogP contribution < -0.4 is 21.1 Å². The number of hydrogen-bond acceptors (Lipinski definition) is 4. The van der Waals surface area contributed by atoms with Gasteiger partial charge in [-0.3, -0.25) is 4.79 Å². The number of anilines is 1. The number of nitrogens with zero attached hydrogens (tertiary/aromatic N) is 1. The molecule has 7 heteroatoms. The van der Waals surface area contributed by atoms with Crippen LogP contribution in [0.15, 0.2) is 18.2 Å². The van der Waals surface area contributed by atoms with Crippen molar-refractivity contribution in [3.8, 4) is 5.75 Å². The SMILES string of the molecule is COc1c(N)cccc1C(=O)NCCNC(=O)N(C)C. The van der Waals surface area contributed by atoms with Crippen LogP contribution in [-0.2, 0) is 0 Å². The Morgan fingerprint density at radius 1 is 1.25 bits per heavy atom. The van der Waals surface area contributed by atoms with E-state index in [0.29, 0.717) is 30.1 Å². The minimum atomic E-state index is -0.298. The number of para-hydroxylation sites is 1. The van der Waals surface area contributed by atoms with Gasteiger partial charge in [0.05, 0.1) is 18.4 Å². The second-order valence-corrected chi connectivity index (χ2v) is 4.31. The number of hydrogen-bond donors (Lipinski definition) is 3. The molecule has 0 unspecified atom stereocenters. The highest BCUT2D eigenvalue weighted by Crippen LogP contribution is 2.25. The lowest BCUT2D eigenvalue weighted by atomic mass is 10.1. The molecule has 0 saturated carbocycles. The van der Waals surface area contributed by atoms with Crippen LogP contribution in [-0.4, -0.2) is 51.1 Å². The monoisotopic (exact) mass is 280 g/mol. The number of urea groups is 1. The van der Waals surface area contributed by atoms with Gasteiger partial charge in [-0.15, -0.1) is 0 Å². The summed E-state index contributed by atoms with van der Waals surface area (Å²) < 4.78 is 5.11. The number of amides is 3. The minimum absolute atomic E-state index is 0.208. The molecule has 20 heavy (non-hydrogen) atoms. The molecule has 4 N–H and O–H groups in total. The zero-order chi connectivity index (χ0) is 15.1. The fourth-order valence-electron chi connectivity index (χ4n) is 1.56. The second kappa shape index (κ2) is 7.22. The van der Waals surface area contributed by atoms with Crippen molar-refractivity contribution in [2.24, 2.45) is 0 Å². The van der Waals surface area contributed by atoms with E-state index in [1.54, 1.807) is 32.3 Å². The molecular formula is C13H20N4O3. The van der Waals surface area contributed by atoms with Crippen LogP contribution in [0.3, 0.4) is 0 Å². The van der Waals surface area contributed by atoms with Gasteiger partial charge in [-0.25, -0.2) is 4.79 Å². The molecule has 1 aromatic carbocycles. The molecular weight excluding hydrogens is 260 g/mol. The van der Waals surface area contributed by atoms with Gasteiger partial charge >= 0.3 is 6.03 Å². The Hall–Kier alpha value is -2.44. The number of benzene rings is 1. The van der Waals surface area contributed by atoms with Gasteiger partial charge in [0.2, 0.25) is 0 Å². The summed E-state index contributed by atoms with van der Waals surface area (Å²) in [6.07, 6.45) is 0. The number of carbonyl (C=O) groups is 2. The summed E-state index contributed by atoms with van der Waals surface area (Å²) in [5.41, 5.74) is 6.50. The normalized spacial score (nSPS) is 9.75. The van der Waals surface area contributed by atoms with Gasteiger partial charge in [0.1, 0.15) is 0 Å². The van der Waals surface area contributed by atoms with Crippen molar-refractivity contribution >= 4 is 17.6 Å². The van der Waals surface area contributed by atoms with Crippen LogP contribution in [0.2, 0.25) is 0 Å². The van der Waals surface area contributed by atoms with Gasteiger partial charge < -0.3 is 26.0 Å². The molecule has 110 valence electrons. The quantitative estimate of drug-likeness (QED) is 0.533. The Bertz CT molecular complexity index is 489. The van der Waals surface area contributed by atoms with Crippen LogP contribution in [0.5, 0.6) is 5.75 Å². The number of rotatable bonds is 5. The third-order valence-corrected chi connectivity index (χ3v) is 2.59. The molecule has 3 amide bonds. The summed E-state index contributed by atoms with van der Waals surface area (Å²) in [4.78, 5) is 24.7. The first kappa shape index (κ1) is 15.6. The molecule has 0 saturated heterocycles. The van der Waals surface area contributed by atoms with Crippen molar-refractivity contribution in [1.29, 1.82) is 0 Å².